The zero-order chi connectivity index (χ0) is 11.4. The third kappa shape index (κ3) is 3.31. The van der Waals surface area contributed by atoms with E-state index in [2.05, 4.69) is 22.9 Å². The molecule has 0 spiro atoms. The van der Waals surface area contributed by atoms with E-state index < -0.39 is 0 Å². The summed E-state index contributed by atoms with van der Waals surface area (Å²) < 4.78 is 0. The number of thiophene rings is 1. The number of alkyl halides is 1. The van der Waals surface area contributed by atoms with Crippen molar-refractivity contribution in [3.05, 3.63) is 21.4 Å². The molecule has 0 unspecified atom stereocenters. The number of rotatable bonds is 4. The molecular weight excluding hydrogens is 274 g/mol. The van der Waals surface area contributed by atoms with Crippen LogP contribution in [0.5, 0.6) is 0 Å². The van der Waals surface area contributed by atoms with E-state index in [1.165, 1.54) is 10.4 Å². The van der Waals surface area contributed by atoms with Gasteiger partial charge in [-0.05, 0) is 31.9 Å². The van der Waals surface area contributed by atoms with E-state index in [0.29, 0.717) is 0 Å². The first-order valence-corrected chi connectivity index (χ1v) is 6.88. The highest BCUT2D eigenvalue weighted by Crippen LogP contribution is 2.21. The Bertz CT molecular complexity index is 329. The summed E-state index contributed by atoms with van der Waals surface area (Å²) in [6.45, 7) is 4.90. The first kappa shape index (κ1) is 12.7. The van der Waals surface area contributed by atoms with Crippen LogP contribution in [-0.4, -0.2) is 29.7 Å². The molecule has 1 amide bonds. The number of aryl methyl sites for hydroxylation is 2. The second kappa shape index (κ2) is 5.66. The smallest absolute Gasteiger partial charge is 0.263 e. The Hall–Kier alpha value is -0.350. The Balaban J connectivity index is 2.67. The van der Waals surface area contributed by atoms with Crippen LogP contribution in [0.25, 0.3) is 0 Å². The molecule has 1 aromatic rings. The molecule has 0 bridgehead atoms. The summed E-state index contributed by atoms with van der Waals surface area (Å²) in [4.78, 5) is 15.8. The molecule has 15 heavy (non-hydrogen) atoms. The van der Waals surface area contributed by atoms with Crippen LogP contribution in [0.4, 0.5) is 0 Å². The van der Waals surface area contributed by atoms with Crippen LogP contribution in [0.15, 0.2) is 6.07 Å². The second-order valence-electron chi connectivity index (χ2n) is 3.62. The van der Waals surface area contributed by atoms with Crippen molar-refractivity contribution in [1.29, 1.82) is 0 Å². The van der Waals surface area contributed by atoms with Crippen molar-refractivity contribution in [2.75, 3.05) is 18.9 Å². The quantitative estimate of drug-likeness (QED) is 0.780. The molecule has 2 nitrogen and oxygen atoms in total. The third-order valence-electron chi connectivity index (χ3n) is 2.35. The molecule has 1 aromatic heterocycles. The Kier molecular flexibility index (Phi) is 4.80. The number of carbonyl (C=O) groups is 1. The fourth-order valence-corrected chi connectivity index (χ4v) is 2.54. The summed E-state index contributed by atoms with van der Waals surface area (Å²) in [6, 6.07) is 1.98. The molecular formula is C11H16BrNOS. The highest BCUT2D eigenvalue weighted by Gasteiger charge is 2.14. The minimum Gasteiger partial charge on any atom is -0.341 e. The third-order valence-corrected chi connectivity index (χ3v) is 4.05. The average Bonchev–Trinajstić information content (AvgIpc) is 2.54. The summed E-state index contributed by atoms with van der Waals surface area (Å²) in [6.07, 6.45) is 0.992. The lowest BCUT2D eigenvalue weighted by atomic mass is 10.2. The van der Waals surface area contributed by atoms with E-state index in [-0.39, 0.29) is 5.91 Å². The van der Waals surface area contributed by atoms with Crippen molar-refractivity contribution in [3.63, 3.8) is 0 Å². The molecule has 0 aromatic carbocycles. The lowest BCUT2D eigenvalue weighted by molar-refractivity contribution is 0.0800. The summed E-state index contributed by atoms with van der Waals surface area (Å²) in [5, 5.41) is 0.938. The maximum Gasteiger partial charge on any atom is 0.263 e. The number of halogens is 1. The molecule has 0 saturated heterocycles. The van der Waals surface area contributed by atoms with Crippen LogP contribution in [0, 0.1) is 13.8 Å². The van der Waals surface area contributed by atoms with Gasteiger partial charge in [0.05, 0.1) is 4.88 Å². The number of amides is 1. The van der Waals surface area contributed by atoms with E-state index in [0.717, 1.165) is 23.2 Å². The second-order valence-corrected chi connectivity index (χ2v) is 5.67. The number of hydrogen-bond acceptors (Lipinski definition) is 2. The zero-order valence-corrected chi connectivity index (χ0v) is 11.7. The SMILES string of the molecule is Cc1cc(C(=O)N(C)CCCBr)sc1C. The summed E-state index contributed by atoms with van der Waals surface area (Å²) in [7, 11) is 1.86. The first-order chi connectivity index (χ1) is 7.06. The van der Waals surface area contributed by atoms with E-state index in [1.807, 2.05) is 20.0 Å². The maximum absolute atomic E-state index is 11.9. The molecule has 0 atom stereocenters. The molecule has 0 fully saturated rings. The minimum absolute atomic E-state index is 0.136. The van der Waals surface area contributed by atoms with Crippen LogP contribution >= 0.6 is 27.3 Å². The minimum atomic E-state index is 0.136. The Labute approximate surface area is 103 Å². The number of carbonyl (C=O) groups excluding carboxylic acids is 1. The highest BCUT2D eigenvalue weighted by atomic mass is 79.9. The monoisotopic (exact) mass is 289 g/mol. The van der Waals surface area contributed by atoms with Gasteiger partial charge >= 0.3 is 0 Å². The van der Waals surface area contributed by atoms with Gasteiger partial charge in [0.2, 0.25) is 0 Å². The normalized spacial score (nSPS) is 10.4. The maximum atomic E-state index is 11.9. The topological polar surface area (TPSA) is 20.3 Å². The van der Waals surface area contributed by atoms with E-state index in [1.54, 1.807) is 16.2 Å². The van der Waals surface area contributed by atoms with Gasteiger partial charge < -0.3 is 4.90 Å². The molecule has 0 radical (unpaired) electrons. The molecule has 1 rings (SSSR count). The molecule has 1 heterocycles. The Morgan fingerprint density at radius 1 is 1.53 bits per heavy atom. The molecule has 84 valence electrons. The van der Waals surface area contributed by atoms with Gasteiger partial charge in [-0.15, -0.1) is 11.3 Å². The van der Waals surface area contributed by atoms with Crippen molar-refractivity contribution >= 4 is 33.2 Å². The van der Waals surface area contributed by atoms with Crippen molar-refractivity contribution in [2.45, 2.75) is 20.3 Å². The summed E-state index contributed by atoms with van der Waals surface area (Å²) in [5.74, 6) is 0.136. The molecule has 0 aliphatic heterocycles. The van der Waals surface area contributed by atoms with Crippen LogP contribution in [0.2, 0.25) is 0 Å². The van der Waals surface area contributed by atoms with Crippen molar-refractivity contribution < 1.29 is 4.79 Å². The molecule has 0 aliphatic rings. The van der Waals surface area contributed by atoms with Gasteiger partial charge in [-0.1, -0.05) is 15.9 Å². The van der Waals surface area contributed by atoms with Crippen molar-refractivity contribution in [3.8, 4) is 0 Å². The number of nitrogens with zero attached hydrogens (tertiary/aromatic N) is 1. The van der Waals surface area contributed by atoms with Crippen molar-refractivity contribution in [1.82, 2.24) is 4.90 Å². The van der Waals surface area contributed by atoms with E-state index in [9.17, 15) is 4.79 Å². The largest absolute Gasteiger partial charge is 0.341 e. The van der Waals surface area contributed by atoms with Gasteiger partial charge in [0.25, 0.3) is 5.91 Å². The van der Waals surface area contributed by atoms with Crippen LogP contribution < -0.4 is 0 Å². The van der Waals surface area contributed by atoms with Gasteiger partial charge in [-0.2, -0.15) is 0 Å². The van der Waals surface area contributed by atoms with Gasteiger partial charge in [0.15, 0.2) is 0 Å². The summed E-state index contributed by atoms with van der Waals surface area (Å²) >= 11 is 4.94. The lowest BCUT2D eigenvalue weighted by Crippen LogP contribution is -2.27. The van der Waals surface area contributed by atoms with Gasteiger partial charge in [-0.25, -0.2) is 0 Å². The lowest BCUT2D eigenvalue weighted by Gasteiger charge is -2.14. The van der Waals surface area contributed by atoms with E-state index in [4.69, 9.17) is 0 Å². The van der Waals surface area contributed by atoms with Gasteiger partial charge in [-0.3, -0.25) is 4.79 Å². The van der Waals surface area contributed by atoms with Crippen molar-refractivity contribution in [2.24, 2.45) is 0 Å². The zero-order valence-electron chi connectivity index (χ0n) is 9.34. The standard InChI is InChI=1S/C11H16BrNOS/c1-8-7-10(15-9(8)2)11(14)13(3)6-4-5-12/h7H,4-6H2,1-3H3. The van der Waals surface area contributed by atoms with E-state index >= 15 is 0 Å². The fourth-order valence-electron chi connectivity index (χ4n) is 1.27. The van der Waals surface area contributed by atoms with Crippen LogP contribution in [-0.2, 0) is 0 Å². The fraction of sp³-hybridized carbons (Fsp3) is 0.545. The molecule has 0 N–H and O–H groups in total. The number of hydrogen-bond donors (Lipinski definition) is 0. The van der Waals surface area contributed by atoms with Gasteiger partial charge in [0.1, 0.15) is 0 Å². The molecule has 4 heteroatoms. The van der Waals surface area contributed by atoms with Crippen LogP contribution in [0.1, 0.15) is 26.5 Å². The van der Waals surface area contributed by atoms with Crippen LogP contribution in [0.3, 0.4) is 0 Å². The molecule has 0 aliphatic carbocycles. The van der Waals surface area contributed by atoms with Gasteiger partial charge in [0, 0.05) is 23.8 Å². The average molecular weight is 290 g/mol. The highest BCUT2D eigenvalue weighted by molar-refractivity contribution is 9.09. The summed E-state index contributed by atoms with van der Waals surface area (Å²) in [5.41, 5.74) is 1.21. The molecule has 0 saturated carbocycles. The Morgan fingerprint density at radius 3 is 2.67 bits per heavy atom. The predicted octanol–water partition coefficient (Wildman–Crippen LogP) is 3.22. The Morgan fingerprint density at radius 2 is 2.20 bits per heavy atom. The predicted molar refractivity (Wildman–Crippen MR) is 69.2 cm³/mol. The first-order valence-electron chi connectivity index (χ1n) is 4.94.